The van der Waals surface area contributed by atoms with Crippen LogP contribution in [0.1, 0.15) is 5.56 Å². The SMILES string of the molecule is OC1COCCN(Cc2ccc(OC(F)(F)F)cc2)C1. The highest BCUT2D eigenvalue weighted by Gasteiger charge is 2.31. The van der Waals surface area contributed by atoms with Crippen LogP contribution >= 0.6 is 0 Å². The number of alkyl halides is 3. The molecular weight excluding hydrogens is 275 g/mol. The Hall–Kier alpha value is -1.31. The number of aliphatic hydroxyl groups is 1. The highest BCUT2D eigenvalue weighted by Crippen LogP contribution is 2.23. The van der Waals surface area contributed by atoms with E-state index >= 15 is 0 Å². The molecule has 1 aliphatic rings. The number of hydrogen-bond donors (Lipinski definition) is 1. The smallest absolute Gasteiger partial charge is 0.406 e. The first-order valence-corrected chi connectivity index (χ1v) is 6.25. The fraction of sp³-hybridized carbons (Fsp3) is 0.538. The van der Waals surface area contributed by atoms with Crippen LogP contribution in [-0.2, 0) is 11.3 Å². The normalized spacial score (nSPS) is 21.5. The van der Waals surface area contributed by atoms with Gasteiger partial charge in [0.1, 0.15) is 5.75 Å². The molecule has 0 amide bonds. The first-order valence-electron chi connectivity index (χ1n) is 6.25. The lowest BCUT2D eigenvalue weighted by atomic mass is 10.2. The average molecular weight is 291 g/mol. The van der Waals surface area contributed by atoms with Crippen LogP contribution in [0.4, 0.5) is 13.2 Å². The van der Waals surface area contributed by atoms with Crippen molar-refractivity contribution in [1.82, 2.24) is 4.90 Å². The second-order valence-corrected chi connectivity index (χ2v) is 4.66. The second-order valence-electron chi connectivity index (χ2n) is 4.66. The fourth-order valence-electron chi connectivity index (χ4n) is 2.05. The molecular formula is C13H16F3NO3. The zero-order chi connectivity index (χ0) is 14.6. The molecule has 1 saturated heterocycles. The lowest BCUT2D eigenvalue weighted by Gasteiger charge is -2.21. The molecule has 2 rings (SSSR count). The molecule has 1 aromatic rings. The summed E-state index contributed by atoms with van der Waals surface area (Å²) in [6, 6.07) is 5.74. The van der Waals surface area contributed by atoms with Crippen LogP contribution in [0.25, 0.3) is 0 Å². The molecule has 0 spiro atoms. The van der Waals surface area contributed by atoms with Crippen LogP contribution in [0.15, 0.2) is 24.3 Å². The van der Waals surface area contributed by atoms with Gasteiger partial charge in [0.05, 0.1) is 19.3 Å². The van der Waals surface area contributed by atoms with Crippen molar-refractivity contribution in [3.05, 3.63) is 29.8 Å². The lowest BCUT2D eigenvalue weighted by molar-refractivity contribution is -0.274. The van der Waals surface area contributed by atoms with Crippen molar-refractivity contribution in [1.29, 1.82) is 0 Å². The molecule has 0 aliphatic carbocycles. The Bertz CT molecular complexity index is 422. The molecule has 0 bridgehead atoms. The molecule has 1 aromatic carbocycles. The van der Waals surface area contributed by atoms with Gasteiger partial charge in [0, 0.05) is 19.6 Å². The van der Waals surface area contributed by atoms with Crippen LogP contribution in [-0.4, -0.2) is 48.8 Å². The van der Waals surface area contributed by atoms with Gasteiger partial charge in [-0.3, -0.25) is 4.90 Å². The second kappa shape index (κ2) is 6.43. The van der Waals surface area contributed by atoms with Gasteiger partial charge in [-0.05, 0) is 17.7 Å². The Morgan fingerprint density at radius 1 is 1.30 bits per heavy atom. The van der Waals surface area contributed by atoms with E-state index in [4.69, 9.17) is 4.74 Å². The van der Waals surface area contributed by atoms with Crippen molar-refractivity contribution in [3.63, 3.8) is 0 Å². The van der Waals surface area contributed by atoms with Gasteiger partial charge in [0.15, 0.2) is 0 Å². The largest absolute Gasteiger partial charge is 0.573 e. The van der Waals surface area contributed by atoms with E-state index in [1.807, 2.05) is 4.90 Å². The van der Waals surface area contributed by atoms with E-state index < -0.39 is 12.5 Å². The first kappa shape index (κ1) is 15.1. The van der Waals surface area contributed by atoms with E-state index in [9.17, 15) is 18.3 Å². The predicted molar refractivity (Wildman–Crippen MR) is 65.2 cm³/mol. The molecule has 1 aliphatic heterocycles. The number of ether oxygens (including phenoxy) is 2. The summed E-state index contributed by atoms with van der Waals surface area (Å²) >= 11 is 0. The quantitative estimate of drug-likeness (QED) is 0.922. The van der Waals surface area contributed by atoms with Gasteiger partial charge in [-0.2, -0.15) is 0 Å². The molecule has 4 nitrogen and oxygen atoms in total. The Balaban J connectivity index is 1.93. The van der Waals surface area contributed by atoms with E-state index in [1.54, 1.807) is 12.1 Å². The predicted octanol–water partition coefficient (Wildman–Crippen LogP) is 1.78. The maximum absolute atomic E-state index is 12.0. The molecule has 1 atom stereocenters. The summed E-state index contributed by atoms with van der Waals surface area (Å²) in [6.45, 7) is 2.56. The summed E-state index contributed by atoms with van der Waals surface area (Å²) in [7, 11) is 0. The van der Waals surface area contributed by atoms with Gasteiger partial charge in [-0.15, -0.1) is 13.2 Å². The number of benzene rings is 1. The summed E-state index contributed by atoms with van der Waals surface area (Å²) in [5.41, 5.74) is 0.855. The van der Waals surface area contributed by atoms with Crippen LogP contribution in [0.5, 0.6) is 5.75 Å². The minimum Gasteiger partial charge on any atom is -0.406 e. The molecule has 7 heteroatoms. The number of aliphatic hydroxyl groups excluding tert-OH is 1. The van der Waals surface area contributed by atoms with Crippen LogP contribution in [0.3, 0.4) is 0 Å². The van der Waals surface area contributed by atoms with E-state index in [0.717, 1.165) is 5.56 Å². The van der Waals surface area contributed by atoms with Gasteiger partial charge in [-0.25, -0.2) is 0 Å². The zero-order valence-electron chi connectivity index (χ0n) is 10.8. The van der Waals surface area contributed by atoms with Gasteiger partial charge >= 0.3 is 6.36 Å². The molecule has 1 fully saturated rings. The molecule has 1 N–H and O–H groups in total. The maximum atomic E-state index is 12.0. The number of halogens is 3. The first-order chi connectivity index (χ1) is 9.42. The number of rotatable bonds is 3. The molecule has 20 heavy (non-hydrogen) atoms. The number of hydrogen-bond acceptors (Lipinski definition) is 4. The summed E-state index contributed by atoms with van der Waals surface area (Å²) in [5.74, 6) is -0.236. The van der Waals surface area contributed by atoms with Crippen molar-refractivity contribution < 1.29 is 27.8 Å². The van der Waals surface area contributed by atoms with E-state index in [0.29, 0.717) is 32.8 Å². The molecule has 112 valence electrons. The minimum absolute atomic E-state index is 0.236. The van der Waals surface area contributed by atoms with Gasteiger partial charge in [0.2, 0.25) is 0 Å². The summed E-state index contributed by atoms with van der Waals surface area (Å²) in [4.78, 5) is 2.00. The Labute approximate surface area is 114 Å². The third-order valence-electron chi connectivity index (χ3n) is 2.89. The number of nitrogens with zero attached hydrogens (tertiary/aromatic N) is 1. The van der Waals surface area contributed by atoms with Crippen molar-refractivity contribution >= 4 is 0 Å². The topological polar surface area (TPSA) is 41.9 Å². The monoisotopic (exact) mass is 291 g/mol. The summed E-state index contributed by atoms with van der Waals surface area (Å²) in [6.07, 6.45) is -5.21. The highest BCUT2D eigenvalue weighted by atomic mass is 19.4. The van der Waals surface area contributed by atoms with E-state index in [1.165, 1.54) is 12.1 Å². The Kier molecular flexibility index (Phi) is 4.85. The minimum atomic E-state index is -4.67. The molecule has 0 radical (unpaired) electrons. The summed E-state index contributed by atoms with van der Waals surface area (Å²) < 4.78 is 45.1. The third kappa shape index (κ3) is 4.99. The van der Waals surface area contributed by atoms with E-state index in [2.05, 4.69) is 4.74 Å². The maximum Gasteiger partial charge on any atom is 0.573 e. The van der Waals surface area contributed by atoms with Crippen molar-refractivity contribution in [2.45, 2.75) is 19.0 Å². The lowest BCUT2D eigenvalue weighted by Crippen LogP contribution is -2.32. The van der Waals surface area contributed by atoms with Crippen LogP contribution < -0.4 is 4.74 Å². The zero-order valence-corrected chi connectivity index (χ0v) is 10.8. The average Bonchev–Trinajstić information content (AvgIpc) is 2.54. The molecule has 0 saturated carbocycles. The van der Waals surface area contributed by atoms with Crippen LogP contribution in [0, 0.1) is 0 Å². The standard InChI is InChI=1S/C13H16F3NO3/c14-13(15,16)20-12-3-1-10(2-4-12)7-17-5-6-19-9-11(18)8-17/h1-4,11,18H,5-9H2. The van der Waals surface area contributed by atoms with Crippen molar-refractivity contribution in [2.75, 3.05) is 26.3 Å². The van der Waals surface area contributed by atoms with Crippen LogP contribution in [0.2, 0.25) is 0 Å². The summed E-state index contributed by atoms with van der Waals surface area (Å²) in [5, 5.41) is 9.60. The molecule has 0 aromatic heterocycles. The Morgan fingerprint density at radius 2 is 2.00 bits per heavy atom. The van der Waals surface area contributed by atoms with Gasteiger partial charge in [-0.1, -0.05) is 12.1 Å². The van der Waals surface area contributed by atoms with Crippen molar-refractivity contribution in [2.24, 2.45) is 0 Å². The van der Waals surface area contributed by atoms with E-state index in [-0.39, 0.29) is 5.75 Å². The Morgan fingerprint density at radius 3 is 2.65 bits per heavy atom. The van der Waals surface area contributed by atoms with Gasteiger partial charge < -0.3 is 14.6 Å². The number of β-amino-alcohol motifs (C(OH)–C–C–N with tert-alkyl or cyclic N) is 1. The highest BCUT2D eigenvalue weighted by molar-refractivity contribution is 5.27. The van der Waals surface area contributed by atoms with Crippen molar-refractivity contribution in [3.8, 4) is 5.75 Å². The molecule has 1 unspecified atom stereocenters. The molecule has 1 heterocycles. The van der Waals surface area contributed by atoms with Gasteiger partial charge in [0.25, 0.3) is 0 Å². The third-order valence-corrected chi connectivity index (χ3v) is 2.89. The fourth-order valence-corrected chi connectivity index (χ4v) is 2.05.